The number of nitrogens with zero attached hydrogens (tertiary/aromatic N) is 1. The second kappa shape index (κ2) is 8.75. The van der Waals surface area contributed by atoms with Crippen LogP contribution in [0.5, 0.6) is 0 Å². The van der Waals surface area contributed by atoms with Crippen LogP contribution in [0, 0.1) is 6.92 Å². The van der Waals surface area contributed by atoms with Crippen LogP contribution in [0.3, 0.4) is 0 Å². The van der Waals surface area contributed by atoms with E-state index in [0.29, 0.717) is 16.8 Å². The van der Waals surface area contributed by atoms with Gasteiger partial charge in [0.25, 0.3) is 11.8 Å². The van der Waals surface area contributed by atoms with Crippen molar-refractivity contribution in [2.75, 3.05) is 25.0 Å². The van der Waals surface area contributed by atoms with Gasteiger partial charge in [-0.2, -0.15) is 0 Å². The Morgan fingerprint density at radius 1 is 1.07 bits per heavy atom. The topological polar surface area (TPSA) is 95.6 Å². The first-order valence-corrected chi connectivity index (χ1v) is 11.1. The number of likely N-dealkylation sites (tertiary alicyclic amines) is 1. The summed E-state index contributed by atoms with van der Waals surface area (Å²) in [5, 5.41) is 2.80. The third-order valence-electron chi connectivity index (χ3n) is 4.95. The van der Waals surface area contributed by atoms with Gasteiger partial charge in [0, 0.05) is 36.4 Å². The van der Waals surface area contributed by atoms with Crippen LogP contribution in [-0.4, -0.2) is 44.8 Å². The summed E-state index contributed by atoms with van der Waals surface area (Å²) in [6.07, 6.45) is 2.01. The van der Waals surface area contributed by atoms with E-state index >= 15 is 0 Å². The van der Waals surface area contributed by atoms with Crippen LogP contribution in [0.15, 0.2) is 47.4 Å². The second-order valence-electron chi connectivity index (χ2n) is 6.96. The molecule has 2 aromatic carbocycles. The normalized spacial score (nSPS) is 14.1. The van der Waals surface area contributed by atoms with Crippen molar-refractivity contribution in [3.05, 3.63) is 59.2 Å². The van der Waals surface area contributed by atoms with Gasteiger partial charge in [0.05, 0.1) is 4.90 Å². The molecule has 2 amide bonds. The molecule has 1 fully saturated rings. The summed E-state index contributed by atoms with van der Waals surface area (Å²) >= 11 is 0. The van der Waals surface area contributed by atoms with Crippen molar-refractivity contribution in [3.8, 4) is 0 Å². The summed E-state index contributed by atoms with van der Waals surface area (Å²) in [6.45, 7) is 5.25. The highest BCUT2D eigenvalue weighted by Gasteiger charge is 2.22. The van der Waals surface area contributed by atoms with Crippen molar-refractivity contribution >= 4 is 27.5 Å². The standard InChI is InChI=1S/C21H25N3O4S/c1-3-22-29(27,28)17-9-6-8-16(14-17)20(25)23-19-11-7-10-18(15(19)2)21(26)24-12-4-5-13-24/h6-11,14,22H,3-5,12-13H2,1-2H3,(H,23,25). The van der Waals surface area contributed by atoms with Gasteiger partial charge in [0.2, 0.25) is 10.0 Å². The summed E-state index contributed by atoms with van der Waals surface area (Å²) < 4.78 is 26.8. The highest BCUT2D eigenvalue weighted by Crippen LogP contribution is 2.23. The van der Waals surface area contributed by atoms with Gasteiger partial charge in [-0.15, -0.1) is 0 Å². The number of benzene rings is 2. The lowest BCUT2D eigenvalue weighted by Crippen LogP contribution is -2.28. The Morgan fingerprint density at radius 2 is 1.76 bits per heavy atom. The third kappa shape index (κ3) is 4.65. The molecular weight excluding hydrogens is 390 g/mol. The zero-order valence-corrected chi connectivity index (χ0v) is 17.4. The van der Waals surface area contributed by atoms with Crippen molar-refractivity contribution in [2.24, 2.45) is 0 Å². The van der Waals surface area contributed by atoms with Gasteiger partial charge in [-0.1, -0.05) is 19.1 Å². The van der Waals surface area contributed by atoms with E-state index in [2.05, 4.69) is 10.0 Å². The maximum atomic E-state index is 12.7. The van der Waals surface area contributed by atoms with Crippen LogP contribution in [-0.2, 0) is 10.0 Å². The van der Waals surface area contributed by atoms with Gasteiger partial charge in [0.15, 0.2) is 0 Å². The Kier molecular flexibility index (Phi) is 6.34. The molecule has 0 unspecified atom stereocenters. The Hall–Kier alpha value is -2.71. The van der Waals surface area contributed by atoms with Gasteiger partial charge in [0.1, 0.15) is 0 Å². The number of hydrogen-bond donors (Lipinski definition) is 2. The predicted octanol–water partition coefficient (Wildman–Crippen LogP) is 2.78. The number of hydrogen-bond acceptors (Lipinski definition) is 4. The van der Waals surface area contributed by atoms with Gasteiger partial charge >= 0.3 is 0 Å². The highest BCUT2D eigenvalue weighted by atomic mass is 32.2. The number of carbonyl (C=O) groups excluding carboxylic acids is 2. The average molecular weight is 416 g/mol. The van der Waals surface area contributed by atoms with Gasteiger partial charge in [-0.3, -0.25) is 9.59 Å². The smallest absolute Gasteiger partial charge is 0.255 e. The van der Waals surface area contributed by atoms with Gasteiger partial charge < -0.3 is 10.2 Å². The van der Waals surface area contributed by atoms with Gasteiger partial charge in [-0.05, 0) is 55.7 Å². The molecule has 1 aliphatic rings. The minimum atomic E-state index is -3.66. The van der Waals surface area contributed by atoms with E-state index in [1.165, 1.54) is 18.2 Å². The lowest BCUT2D eigenvalue weighted by Gasteiger charge is -2.18. The number of sulfonamides is 1. The van der Waals surface area contributed by atoms with Gasteiger partial charge in [-0.25, -0.2) is 13.1 Å². The molecule has 1 aliphatic heterocycles. The molecule has 0 saturated carbocycles. The molecule has 0 bridgehead atoms. The summed E-state index contributed by atoms with van der Waals surface area (Å²) in [7, 11) is -3.66. The summed E-state index contributed by atoms with van der Waals surface area (Å²) in [4.78, 5) is 27.3. The molecule has 2 aromatic rings. The fourth-order valence-corrected chi connectivity index (χ4v) is 4.45. The van der Waals surface area contributed by atoms with E-state index < -0.39 is 15.9 Å². The second-order valence-corrected chi connectivity index (χ2v) is 8.73. The minimum Gasteiger partial charge on any atom is -0.339 e. The van der Waals surface area contributed by atoms with Crippen LogP contribution in [0.4, 0.5) is 5.69 Å². The number of nitrogens with one attached hydrogen (secondary N) is 2. The van der Waals surface area contributed by atoms with Crippen molar-refractivity contribution < 1.29 is 18.0 Å². The van der Waals surface area contributed by atoms with Crippen molar-refractivity contribution in [1.29, 1.82) is 0 Å². The molecule has 0 radical (unpaired) electrons. The third-order valence-corrected chi connectivity index (χ3v) is 6.49. The molecule has 0 atom stereocenters. The quantitative estimate of drug-likeness (QED) is 0.758. The lowest BCUT2D eigenvalue weighted by molar-refractivity contribution is 0.0791. The molecule has 0 aromatic heterocycles. The summed E-state index contributed by atoms with van der Waals surface area (Å²) in [6, 6.07) is 11.1. The fraction of sp³-hybridized carbons (Fsp3) is 0.333. The molecule has 1 saturated heterocycles. The number of carbonyl (C=O) groups is 2. The monoisotopic (exact) mass is 415 g/mol. The molecule has 1 heterocycles. The van der Waals surface area contributed by atoms with E-state index in [0.717, 1.165) is 25.9 Å². The molecule has 0 aliphatic carbocycles. The Bertz CT molecular complexity index is 1030. The predicted molar refractivity (Wildman–Crippen MR) is 112 cm³/mol. The lowest BCUT2D eigenvalue weighted by atomic mass is 10.0. The summed E-state index contributed by atoms with van der Waals surface area (Å²) in [5.74, 6) is -0.470. The average Bonchev–Trinajstić information content (AvgIpc) is 3.24. The zero-order chi connectivity index (χ0) is 21.0. The van der Waals surface area contributed by atoms with E-state index in [-0.39, 0.29) is 22.9 Å². The van der Waals surface area contributed by atoms with Crippen molar-refractivity contribution in [1.82, 2.24) is 9.62 Å². The molecule has 29 heavy (non-hydrogen) atoms. The van der Waals surface area contributed by atoms with Crippen LogP contribution in [0.25, 0.3) is 0 Å². The highest BCUT2D eigenvalue weighted by molar-refractivity contribution is 7.89. The number of anilines is 1. The number of amides is 2. The Labute approximate surface area is 171 Å². The van der Waals surface area contributed by atoms with Crippen LogP contribution in [0.2, 0.25) is 0 Å². The molecule has 0 spiro atoms. The van der Waals surface area contributed by atoms with Crippen molar-refractivity contribution in [2.45, 2.75) is 31.6 Å². The maximum absolute atomic E-state index is 12.7. The largest absolute Gasteiger partial charge is 0.339 e. The molecular formula is C21H25N3O4S. The first-order valence-electron chi connectivity index (χ1n) is 9.63. The zero-order valence-electron chi connectivity index (χ0n) is 16.6. The van der Waals surface area contributed by atoms with Crippen LogP contribution in [0.1, 0.15) is 46.0 Å². The molecule has 3 rings (SSSR count). The van der Waals surface area contributed by atoms with Crippen molar-refractivity contribution in [3.63, 3.8) is 0 Å². The fourth-order valence-electron chi connectivity index (χ4n) is 3.37. The van der Waals surface area contributed by atoms with Crippen LogP contribution < -0.4 is 10.0 Å². The molecule has 154 valence electrons. The molecule has 2 N–H and O–H groups in total. The molecule has 7 nitrogen and oxygen atoms in total. The molecule has 8 heteroatoms. The van der Waals surface area contributed by atoms with E-state index in [1.807, 2.05) is 4.90 Å². The van der Waals surface area contributed by atoms with E-state index in [9.17, 15) is 18.0 Å². The Balaban J connectivity index is 1.83. The van der Waals surface area contributed by atoms with Crippen LogP contribution >= 0.6 is 0 Å². The Morgan fingerprint density at radius 3 is 2.45 bits per heavy atom. The SMILES string of the molecule is CCNS(=O)(=O)c1cccc(C(=O)Nc2cccc(C(=O)N3CCCC3)c2C)c1. The minimum absolute atomic E-state index is 0.0293. The number of rotatable bonds is 6. The first kappa shape index (κ1) is 21.0. The first-order chi connectivity index (χ1) is 13.8. The van der Waals surface area contributed by atoms with E-state index in [1.54, 1.807) is 38.1 Å². The van der Waals surface area contributed by atoms with E-state index in [4.69, 9.17) is 0 Å². The maximum Gasteiger partial charge on any atom is 0.255 e. The summed E-state index contributed by atoms with van der Waals surface area (Å²) in [5.41, 5.74) is 2.00.